The molecule has 0 aliphatic heterocycles. The van der Waals surface area contributed by atoms with Gasteiger partial charge in [0.25, 0.3) is 0 Å². The van der Waals surface area contributed by atoms with Gasteiger partial charge >= 0.3 is 12.1 Å². The van der Waals surface area contributed by atoms with E-state index < -0.39 is 12.1 Å². The van der Waals surface area contributed by atoms with Crippen LogP contribution in [0.3, 0.4) is 0 Å². The molecule has 0 bridgehead atoms. The Morgan fingerprint density at radius 3 is 2.06 bits per heavy atom. The highest BCUT2D eigenvalue weighted by molar-refractivity contribution is 5.75. The molecule has 1 amide bonds. The second-order valence-corrected chi connectivity index (χ2v) is 3.40. The third kappa shape index (κ3) is 8.07. The van der Waals surface area contributed by atoms with E-state index in [4.69, 9.17) is 9.90 Å². The predicted octanol–water partition coefficient (Wildman–Crippen LogP) is 1.56. The second kappa shape index (κ2) is 6.34. The van der Waals surface area contributed by atoms with Gasteiger partial charge in [0.1, 0.15) is 0 Å². The molecule has 2 N–H and O–H groups in total. The molecule has 1 aliphatic rings. The molecule has 7 heteroatoms. The monoisotopic (exact) mass is 241 g/mol. The summed E-state index contributed by atoms with van der Waals surface area (Å²) in [5.74, 6) is -1.77. The van der Waals surface area contributed by atoms with Crippen molar-refractivity contribution in [2.75, 3.05) is 6.54 Å². The van der Waals surface area contributed by atoms with Gasteiger partial charge in [-0.3, -0.25) is 4.79 Å². The maximum Gasteiger partial charge on any atom is 0.490 e. The minimum Gasteiger partial charge on any atom is -0.475 e. The van der Waals surface area contributed by atoms with Crippen molar-refractivity contribution in [2.45, 2.75) is 32.4 Å². The van der Waals surface area contributed by atoms with Crippen molar-refractivity contribution >= 4 is 11.9 Å². The zero-order valence-corrected chi connectivity index (χ0v) is 8.80. The van der Waals surface area contributed by atoms with Crippen LogP contribution in [0, 0.1) is 5.92 Å². The number of hydrogen-bond donors (Lipinski definition) is 2. The maximum absolute atomic E-state index is 10.6. The Morgan fingerprint density at radius 1 is 1.38 bits per heavy atom. The first kappa shape index (κ1) is 14.7. The molecule has 0 radical (unpaired) electrons. The number of nitrogens with one attached hydrogen (secondary N) is 1. The molecule has 1 saturated carbocycles. The third-order valence-electron chi connectivity index (χ3n) is 1.85. The highest BCUT2D eigenvalue weighted by atomic mass is 19.4. The fraction of sp³-hybridized carbons (Fsp3) is 0.778. The summed E-state index contributed by atoms with van der Waals surface area (Å²) in [6.07, 6.45) is -1.85. The zero-order valence-electron chi connectivity index (χ0n) is 8.80. The molecular weight excluding hydrogens is 227 g/mol. The standard InChI is InChI=1S/C7H13NO.C2HF3O2/c1-2-7(9)8-5-6-3-4-6;3-2(4,5)1(6)7/h6H,2-5H2,1H3,(H,8,9);(H,6,7). The van der Waals surface area contributed by atoms with Crippen molar-refractivity contribution in [3.05, 3.63) is 0 Å². The van der Waals surface area contributed by atoms with Crippen molar-refractivity contribution in [1.29, 1.82) is 0 Å². The molecule has 0 unspecified atom stereocenters. The Hall–Kier alpha value is -1.27. The van der Waals surface area contributed by atoms with Gasteiger partial charge < -0.3 is 10.4 Å². The Bertz CT molecular complexity index is 249. The Morgan fingerprint density at radius 2 is 1.81 bits per heavy atom. The van der Waals surface area contributed by atoms with E-state index >= 15 is 0 Å². The number of hydrogen-bond acceptors (Lipinski definition) is 2. The zero-order chi connectivity index (χ0) is 12.8. The minimum atomic E-state index is -5.08. The number of carboxylic acid groups (broad SMARTS) is 1. The lowest BCUT2D eigenvalue weighted by Crippen LogP contribution is -2.24. The van der Waals surface area contributed by atoms with Gasteiger partial charge in [0.05, 0.1) is 0 Å². The number of halogens is 3. The van der Waals surface area contributed by atoms with E-state index in [0.717, 1.165) is 12.5 Å². The number of alkyl halides is 3. The number of carboxylic acids is 1. The van der Waals surface area contributed by atoms with Gasteiger partial charge in [0, 0.05) is 13.0 Å². The smallest absolute Gasteiger partial charge is 0.475 e. The van der Waals surface area contributed by atoms with E-state index in [1.54, 1.807) is 0 Å². The molecule has 0 spiro atoms. The van der Waals surface area contributed by atoms with Crippen molar-refractivity contribution < 1.29 is 27.9 Å². The largest absolute Gasteiger partial charge is 0.490 e. The van der Waals surface area contributed by atoms with Crippen LogP contribution in [0.2, 0.25) is 0 Å². The summed E-state index contributed by atoms with van der Waals surface area (Å²) < 4.78 is 31.7. The first-order valence-corrected chi connectivity index (χ1v) is 4.84. The van der Waals surface area contributed by atoms with E-state index in [2.05, 4.69) is 5.32 Å². The summed E-state index contributed by atoms with van der Waals surface area (Å²) in [7, 11) is 0. The van der Waals surface area contributed by atoms with E-state index in [1.165, 1.54) is 12.8 Å². The van der Waals surface area contributed by atoms with Crippen LogP contribution in [0.5, 0.6) is 0 Å². The number of rotatable bonds is 3. The maximum atomic E-state index is 10.6. The van der Waals surface area contributed by atoms with Crippen molar-refractivity contribution in [1.82, 2.24) is 5.32 Å². The molecule has 94 valence electrons. The summed E-state index contributed by atoms with van der Waals surface area (Å²) in [5, 5.41) is 9.98. The van der Waals surface area contributed by atoms with Crippen LogP contribution in [0.4, 0.5) is 13.2 Å². The molecule has 0 saturated heterocycles. The molecule has 1 rings (SSSR count). The fourth-order valence-corrected chi connectivity index (χ4v) is 0.705. The Balaban J connectivity index is 0.000000293. The third-order valence-corrected chi connectivity index (χ3v) is 1.85. The van der Waals surface area contributed by atoms with E-state index in [1.807, 2.05) is 6.92 Å². The predicted molar refractivity (Wildman–Crippen MR) is 49.7 cm³/mol. The first-order valence-electron chi connectivity index (χ1n) is 4.84. The molecule has 1 fully saturated rings. The second-order valence-electron chi connectivity index (χ2n) is 3.40. The number of aliphatic carboxylic acids is 1. The Kier molecular flexibility index (Phi) is 5.84. The normalized spacial score (nSPS) is 14.8. The topological polar surface area (TPSA) is 66.4 Å². The van der Waals surface area contributed by atoms with Gasteiger partial charge in [0.15, 0.2) is 0 Å². The van der Waals surface area contributed by atoms with Crippen LogP contribution in [0.25, 0.3) is 0 Å². The average Bonchev–Trinajstić information content (AvgIpc) is 2.97. The van der Waals surface area contributed by atoms with E-state index in [0.29, 0.717) is 6.42 Å². The van der Waals surface area contributed by atoms with Crippen LogP contribution >= 0.6 is 0 Å². The summed E-state index contributed by atoms with van der Waals surface area (Å²) in [5.41, 5.74) is 0. The van der Waals surface area contributed by atoms with Gasteiger partial charge in [-0.05, 0) is 18.8 Å². The molecule has 0 aromatic carbocycles. The molecule has 4 nitrogen and oxygen atoms in total. The summed E-state index contributed by atoms with van der Waals surface area (Å²) in [4.78, 5) is 19.5. The van der Waals surface area contributed by atoms with Crippen LogP contribution < -0.4 is 5.32 Å². The summed E-state index contributed by atoms with van der Waals surface area (Å²) >= 11 is 0. The number of amides is 1. The van der Waals surface area contributed by atoms with E-state index in [9.17, 15) is 18.0 Å². The van der Waals surface area contributed by atoms with Crippen LogP contribution in [0.1, 0.15) is 26.2 Å². The Labute approximate surface area is 90.8 Å². The fourth-order valence-electron chi connectivity index (χ4n) is 0.705. The quantitative estimate of drug-likeness (QED) is 0.787. The van der Waals surface area contributed by atoms with Gasteiger partial charge in [-0.25, -0.2) is 4.79 Å². The molecule has 0 heterocycles. The highest BCUT2D eigenvalue weighted by Gasteiger charge is 2.38. The van der Waals surface area contributed by atoms with Crippen molar-refractivity contribution in [2.24, 2.45) is 5.92 Å². The average molecular weight is 241 g/mol. The van der Waals surface area contributed by atoms with Crippen LogP contribution in [-0.4, -0.2) is 29.7 Å². The SMILES string of the molecule is CCC(=O)NCC1CC1.O=C(O)C(F)(F)F. The molecule has 1 aliphatic carbocycles. The summed E-state index contributed by atoms with van der Waals surface area (Å²) in [6, 6.07) is 0. The van der Waals surface area contributed by atoms with Crippen LogP contribution in [-0.2, 0) is 9.59 Å². The minimum absolute atomic E-state index is 0.182. The molecule has 0 aromatic rings. The van der Waals surface area contributed by atoms with Gasteiger partial charge in [-0.2, -0.15) is 13.2 Å². The summed E-state index contributed by atoms with van der Waals surface area (Å²) in [6.45, 7) is 2.79. The molecule has 0 aromatic heterocycles. The lowest BCUT2D eigenvalue weighted by Gasteiger charge is -1.98. The first-order chi connectivity index (χ1) is 7.27. The number of carbonyl (C=O) groups excluding carboxylic acids is 1. The van der Waals surface area contributed by atoms with Gasteiger partial charge in [0.2, 0.25) is 5.91 Å². The van der Waals surface area contributed by atoms with E-state index in [-0.39, 0.29) is 5.91 Å². The number of carbonyl (C=O) groups is 2. The molecule has 0 atom stereocenters. The van der Waals surface area contributed by atoms with Crippen molar-refractivity contribution in [3.8, 4) is 0 Å². The molecule has 16 heavy (non-hydrogen) atoms. The van der Waals surface area contributed by atoms with Crippen molar-refractivity contribution in [3.63, 3.8) is 0 Å². The highest BCUT2D eigenvalue weighted by Crippen LogP contribution is 2.27. The van der Waals surface area contributed by atoms with Gasteiger partial charge in [-0.15, -0.1) is 0 Å². The lowest BCUT2D eigenvalue weighted by molar-refractivity contribution is -0.192. The lowest BCUT2D eigenvalue weighted by atomic mass is 10.4. The molecular formula is C9H14F3NO3. The van der Waals surface area contributed by atoms with Gasteiger partial charge in [-0.1, -0.05) is 6.92 Å². The van der Waals surface area contributed by atoms with Crippen LogP contribution in [0.15, 0.2) is 0 Å².